The Morgan fingerprint density at radius 1 is 1.17 bits per heavy atom. The number of amides is 2. The first-order valence-corrected chi connectivity index (χ1v) is 10.8. The molecule has 2 amide bonds. The largest absolute Gasteiger partial charge is 0.394 e. The minimum absolute atomic E-state index is 0.00919. The lowest BCUT2D eigenvalue weighted by atomic mass is 9.81. The zero-order valence-corrected chi connectivity index (χ0v) is 17.5. The van der Waals surface area contributed by atoms with E-state index >= 15 is 0 Å². The summed E-state index contributed by atoms with van der Waals surface area (Å²) >= 11 is 5.95. The molecule has 0 aromatic carbocycles. The number of nitrogens with one attached hydrogen (secondary N) is 1. The van der Waals surface area contributed by atoms with E-state index in [4.69, 9.17) is 11.6 Å². The molecule has 172 valence electrons. The molecule has 0 aromatic heterocycles. The predicted octanol–water partition coefficient (Wildman–Crippen LogP) is 2.04. The Bertz CT molecular complexity index is 645. The molecule has 5 atom stereocenters. The summed E-state index contributed by atoms with van der Waals surface area (Å²) in [5, 5.41) is 12.3. The molecule has 0 radical (unpaired) electrons. The predicted molar refractivity (Wildman–Crippen MR) is 101 cm³/mol. The number of alkyl halides is 5. The summed E-state index contributed by atoms with van der Waals surface area (Å²) in [5.41, 5.74) is 0. The number of aliphatic hydroxyl groups excluding tert-OH is 1. The number of halogens is 5. The number of carbonyl (C=O) groups is 2. The highest BCUT2D eigenvalue weighted by atomic mass is 35.5. The third kappa shape index (κ3) is 4.70. The number of rotatable bonds is 4. The number of piperazine rings is 1. The lowest BCUT2D eigenvalue weighted by Gasteiger charge is -2.49. The second-order valence-electron chi connectivity index (χ2n) is 8.57. The van der Waals surface area contributed by atoms with Crippen molar-refractivity contribution in [2.45, 2.75) is 75.0 Å². The van der Waals surface area contributed by atoms with Crippen molar-refractivity contribution in [2.24, 2.45) is 11.8 Å². The molecule has 3 rings (SSSR count). The Kier molecular flexibility index (Phi) is 7.18. The van der Waals surface area contributed by atoms with E-state index in [1.807, 2.05) is 0 Å². The van der Waals surface area contributed by atoms with Crippen LogP contribution >= 0.6 is 11.6 Å². The number of carbonyl (C=O) groups excluding carboxylic acids is 2. The lowest BCUT2D eigenvalue weighted by Crippen LogP contribution is -2.72. The standard InChI is InChI=1S/C19H28ClF4N3O3/c1-10-17(29)26(8-11-2-4-12(5-3-11)19(22,23)24)15(9-28)18(30)27(10)16-14(21)6-13(20)7-25-16/h10-16,25,28H,2-9H2,1H3/t10-,11?,12?,13?,14?,15-,16?/m1/s1. The summed E-state index contributed by atoms with van der Waals surface area (Å²) in [6.07, 6.45) is -6.06. The van der Waals surface area contributed by atoms with Gasteiger partial charge in [0, 0.05) is 18.5 Å². The van der Waals surface area contributed by atoms with Gasteiger partial charge in [0.25, 0.3) is 0 Å². The second kappa shape index (κ2) is 9.16. The molecule has 0 aromatic rings. The van der Waals surface area contributed by atoms with Crippen LogP contribution in [0.2, 0.25) is 0 Å². The van der Waals surface area contributed by atoms with E-state index < -0.39 is 60.3 Å². The minimum atomic E-state index is -4.22. The van der Waals surface area contributed by atoms with Crippen molar-refractivity contribution in [1.82, 2.24) is 15.1 Å². The van der Waals surface area contributed by atoms with E-state index in [-0.39, 0.29) is 38.3 Å². The van der Waals surface area contributed by atoms with Crippen LogP contribution < -0.4 is 5.32 Å². The second-order valence-corrected chi connectivity index (χ2v) is 9.19. The first kappa shape index (κ1) is 23.5. The Morgan fingerprint density at radius 2 is 1.80 bits per heavy atom. The fourth-order valence-corrected chi connectivity index (χ4v) is 5.10. The van der Waals surface area contributed by atoms with Gasteiger partial charge in [0.2, 0.25) is 11.8 Å². The molecule has 2 aliphatic heterocycles. The highest BCUT2D eigenvalue weighted by Gasteiger charge is 2.50. The summed E-state index contributed by atoms with van der Waals surface area (Å²) in [5.74, 6) is -2.51. The van der Waals surface area contributed by atoms with E-state index in [1.54, 1.807) is 0 Å². The number of nitrogens with zero attached hydrogens (tertiary/aromatic N) is 2. The first-order chi connectivity index (χ1) is 14.0. The fraction of sp³-hybridized carbons (Fsp3) is 0.895. The van der Waals surface area contributed by atoms with Crippen molar-refractivity contribution < 1.29 is 32.3 Å². The number of hydrogen-bond acceptors (Lipinski definition) is 4. The quantitative estimate of drug-likeness (QED) is 0.500. The summed E-state index contributed by atoms with van der Waals surface area (Å²) in [7, 11) is 0. The van der Waals surface area contributed by atoms with Gasteiger partial charge in [-0.1, -0.05) is 0 Å². The minimum Gasteiger partial charge on any atom is -0.394 e. The zero-order chi connectivity index (χ0) is 22.2. The average Bonchev–Trinajstić information content (AvgIpc) is 2.67. The maximum atomic E-state index is 14.6. The monoisotopic (exact) mass is 457 g/mol. The van der Waals surface area contributed by atoms with Crippen LogP contribution in [0.1, 0.15) is 39.0 Å². The van der Waals surface area contributed by atoms with Crippen molar-refractivity contribution in [3.05, 3.63) is 0 Å². The van der Waals surface area contributed by atoms with Crippen molar-refractivity contribution in [1.29, 1.82) is 0 Å². The fourth-order valence-electron chi connectivity index (χ4n) is 4.84. The van der Waals surface area contributed by atoms with Gasteiger partial charge in [-0.25, -0.2) is 4.39 Å². The van der Waals surface area contributed by atoms with Gasteiger partial charge in [-0.2, -0.15) is 13.2 Å². The summed E-state index contributed by atoms with van der Waals surface area (Å²) in [6, 6.07) is -2.12. The van der Waals surface area contributed by atoms with Gasteiger partial charge in [-0.05, 0) is 44.9 Å². The van der Waals surface area contributed by atoms with E-state index in [0.29, 0.717) is 12.8 Å². The molecule has 2 heterocycles. The third-order valence-corrected chi connectivity index (χ3v) is 6.92. The average molecular weight is 458 g/mol. The van der Waals surface area contributed by atoms with Crippen LogP contribution in [0.15, 0.2) is 0 Å². The molecule has 0 bridgehead atoms. The Labute approximate surface area is 177 Å². The van der Waals surface area contributed by atoms with Crippen LogP contribution in [0.5, 0.6) is 0 Å². The molecule has 3 aliphatic rings. The summed E-state index contributed by atoms with van der Waals surface area (Å²) in [4.78, 5) is 28.5. The molecule has 6 nitrogen and oxygen atoms in total. The smallest absolute Gasteiger partial charge is 0.391 e. The SMILES string of the molecule is C[C@@H]1C(=O)N(CC2CCC(C(F)(F)F)CC2)[C@H](CO)C(=O)N1C1NCC(Cl)CC1F. The van der Waals surface area contributed by atoms with E-state index in [9.17, 15) is 32.3 Å². The van der Waals surface area contributed by atoms with Crippen molar-refractivity contribution in [2.75, 3.05) is 19.7 Å². The molecule has 30 heavy (non-hydrogen) atoms. The van der Waals surface area contributed by atoms with Crippen LogP contribution in [0.25, 0.3) is 0 Å². The maximum Gasteiger partial charge on any atom is 0.391 e. The van der Waals surface area contributed by atoms with E-state index in [2.05, 4.69) is 5.32 Å². The third-order valence-electron chi connectivity index (χ3n) is 6.58. The molecule has 11 heteroatoms. The highest BCUT2D eigenvalue weighted by molar-refractivity contribution is 6.20. The summed E-state index contributed by atoms with van der Waals surface area (Å²) in [6.45, 7) is 1.27. The van der Waals surface area contributed by atoms with Gasteiger partial charge in [0.05, 0.1) is 12.5 Å². The number of aliphatic hydroxyl groups is 1. The van der Waals surface area contributed by atoms with Gasteiger partial charge >= 0.3 is 6.18 Å². The molecule has 1 aliphatic carbocycles. The van der Waals surface area contributed by atoms with Gasteiger partial charge in [-0.3, -0.25) is 14.9 Å². The summed E-state index contributed by atoms with van der Waals surface area (Å²) < 4.78 is 53.2. The molecular formula is C19H28ClF4N3O3. The van der Waals surface area contributed by atoms with E-state index in [1.165, 1.54) is 11.8 Å². The Balaban J connectivity index is 1.69. The van der Waals surface area contributed by atoms with Crippen LogP contribution in [0.3, 0.4) is 0 Å². The lowest BCUT2D eigenvalue weighted by molar-refractivity contribution is -0.185. The molecule has 1 saturated carbocycles. The molecule has 3 unspecified atom stereocenters. The van der Waals surface area contributed by atoms with Crippen molar-refractivity contribution in [3.63, 3.8) is 0 Å². The molecule has 2 N–H and O–H groups in total. The molecule has 3 fully saturated rings. The first-order valence-electron chi connectivity index (χ1n) is 10.4. The van der Waals surface area contributed by atoms with Gasteiger partial charge in [-0.15, -0.1) is 11.6 Å². The topological polar surface area (TPSA) is 72.9 Å². The number of piperidine rings is 1. The van der Waals surface area contributed by atoms with Crippen molar-refractivity contribution in [3.8, 4) is 0 Å². The van der Waals surface area contributed by atoms with Gasteiger partial charge < -0.3 is 14.9 Å². The molecule has 0 spiro atoms. The Morgan fingerprint density at radius 3 is 2.33 bits per heavy atom. The van der Waals surface area contributed by atoms with Crippen LogP contribution in [-0.2, 0) is 9.59 Å². The highest BCUT2D eigenvalue weighted by Crippen LogP contribution is 2.40. The zero-order valence-electron chi connectivity index (χ0n) is 16.7. The van der Waals surface area contributed by atoms with Crippen LogP contribution in [-0.4, -0.2) is 82.4 Å². The normalized spacial score (nSPS) is 38.8. The van der Waals surface area contributed by atoms with Gasteiger partial charge in [0.1, 0.15) is 24.4 Å². The maximum absolute atomic E-state index is 14.6. The van der Waals surface area contributed by atoms with Crippen molar-refractivity contribution >= 4 is 23.4 Å². The molecule has 2 saturated heterocycles. The van der Waals surface area contributed by atoms with E-state index in [0.717, 1.165) is 4.90 Å². The molecular weight excluding hydrogens is 430 g/mol. The van der Waals surface area contributed by atoms with Crippen LogP contribution in [0, 0.1) is 11.8 Å². The number of hydrogen-bond donors (Lipinski definition) is 2. The van der Waals surface area contributed by atoms with Gasteiger partial charge in [0.15, 0.2) is 0 Å². The van der Waals surface area contributed by atoms with Crippen LogP contribution in [0.4, 0.5) is 17.6 Å². The Hall–Kier alpha value is -1.13.